The average molecular weight is 499 g/mol. The molecule has 0 atom stereocenters. The third kappa shape index (κ3) is 4.37. The number of thioether (sulfide) groups is 2. The van der Waals surface area contributed by atoms with Crippen LogP contribution in [0.2, 0.25) is 0 Å². The summed E-state index contributed by atoms with van der Waals surface area (Å²) in [6.07, 6.45) is 3.95. The van der Waals surface area contributed by atoms with Gasteiger partial charge >= 0.3 is 0 Å². The highest BCUT2D eigenvalue weighted by Crippen LogP contribution is 2.50. The number of hydrogen-bond donors (Lipinski definition) is 0. The van der Waals surface area contributed by atoms with E-state index in [9.17, 15) is 4.79 Å². The van der Waals surface area contributed by atoms with Crippen LogP contribution in [0, 0.1) is 0 Å². The molecule has 6 heteroatoms. The van der Waals surface area contributed by atoms with Gasteiger partial charge in [0.1, 0.15) is 0 Å². The van der Waals surface area contributed by atoms with Crippen molar-refractivity contribution >= 4 is 62.3 Å². The average Bonchev–Trinajstić information content (AvgIpc) is 3.40. The highest BCUT2D eigenvalue weighted by Gasteiger charge is 2.33. The van der Waals surface area contributed by atoms with E-state index < -0.39 is 0 Å². The van der Waals surface area contributed by atoms with Crippen LogP contribution in [0.25, 0.3) is 10.6 Å². The second-order valence-electron chi connectivity index (χ2n) is 7.64. The van der Waals surface area contributed by atoms with Crippen LogP contribution in [0.5, 0.6) is 0 Å². The van der Waals surface area contributed by atoms with E-state index in [-0.39, 0.29) is 5.91 Å². The van der Waals surface area contributed by atoms with Crippen LogP contribution in [0.1, 0.15) is 18.1 Å². The van der Waals surface area contributed by atoms with Gasteiger partial charge in [-0.15, -0.1) is 0 Å². The number of anilines is 1. The zero-order valence-electron chi connectivity index (χ0n) is 18.5. The maximum Gasteiger partial charge on any atom is 0.270 e. The van der Waals surface area contributed by atoms with Crippen molar-refractivity contribution < 1.29 is 4.79 Å². The molecule has 2 aliphatic heterocycles. The Balaban J connectivity index is 1.50. The summed E-state index contributed by atoms with van der Waals surface area (Å²) in [5.74, 6) is -0.0800. The van der Waals surface area contributed by atoms with E-state index >= 15 is 0 Å². The van der Waals surface area contributed by atoms with Gasteiger partial charge in [-0.25, -0.2) is 0 Å². The molecule has 0 N–H and O–H groups in total. The normalized spacial score (nSPS) is 18.6. The van der Waals surface area contributed by atoms with Crippen LogP contribution in [0.4, 0.5) is 5.69 Å². The molecule has 3 aromatic carbocycles. The summed E-state index contributed by atoms with van der Waals surface area (Å²) >= 11 is 8.60. The molecular weight excluding hydrogens is 477 g/mol. The largest absolute Gasteiger partial charge is 0.335 e. The number of thiocarbonyl (C=S) groups is 1. The molecule has 0 unspecified atom stereocenters. The molecule has 3 aromatic rings. The first-order valence-electron chi connectivity index (χ1n) is 11.0. The van der Waals surface area contributed by atoms with Crippen LogP contribution >= 0.6 is 35.7 Å². The minimum atomic E-state index is -0.0800. The number of nitrogens with zero attached hydrogens (tertiary/aromatic N) is 2. The van der Waals surface area contributed by atoms with Crippen LogP contribution in [0.15, 0.2) is 113 Å². The van der Waals surface area contributed by atoms with Gasteiger partial charge in [-0.3, -0.25) is 9.69 Å². The maximum atomic E-state index is 13.1. The molecule has 1 fully saturated rings. The van der Waals surface area contributed by atoms with Crippen molar-refractivity contribution in [3.05, 3.63) is 124 Å². The van der Waals surface area contributed by atoms with E-state index in [1.807, 2.05) is 54.6 Å². The van der Waals surface area contributed by atoms with Gasteiger partial charge in [0.05, 0.1) is 21.3 Å². The predicted molar refractivity (Wildman–Crippen MR) is 150 cm³/mol. The fraction of sp³-hybridized carbons (Fsp3) is 0.0714. The lowest BCUT2D eigenvalue weighted by Crippen LogP contribution is -2.27. The third-order valence-electron chi connectivity index (χ3n) is 5.54. The summed E-state index contributed by atoms with van der Waals surface area (Å²) < 4.78 is 0.556. The third-order valence-corrected chi connectivity index (χ3v) is 8.06. The number of allylic oxidation sites excluding steroid dienone is 2. The molecule has 168 valence electrons. The van der Waals surface area contributed by atoms with E-state index in [2.05, 4.69) is 60.4 Å². The second-order valence-corrected chi connectivity index (χ2v) is 10.3. The van der Waals surface area contributed by atoms with Crippen molar-refractivity contribution in [2.45, 2.75) is 6.92 Å². The van der Waals surface area contributed by atoms with E-state index in [1.54, 1.807) is 16.7 Å². The molecule has 1 saturated heterocycles. The van der Waals surface area contributed by atoms with Crippen molar-refractivity contribution in [3.8, 4) is 0 Å². The number of carbonyl (C=O) groups excluding carboxylic acids is 1. The van der Waals surface area contributed by atoms with E-state index in [1.165, 1.54) is 33.5 Å². The van der Waals surface area contributed by atoms with Gasteiger partial charge in [0, 0.05) is 11.4 Å². The summed E-state index contributed by atoms with van der Waals surface area (Å²) in [5.41, 5.74) is 4.35. The van der Waals surface area contributed by atoms with Gasteiger partial charge in [0.2, 0.25) is 0 Å². The Labute approximate surface area is 213 Å². The molecule has 5 rings (SSSR count). The van der Waals surface area contributed by atoms with E-state index in [0.29, 0.717) is 9.23 Å². The first-order chi connectivity index (χ1) is 16.7. The molecule has 2 heterocycles. The van der Waals surface area contributed by atoms with Crippen LogP contribution < -0.4 is 4.90 Å². The molecule has 0 bridgehead atoms. The molecular formula is C28H22N2OS3. The number of amides is 1. The number of rotatable bonds is 5. The molecule has 0 aromatic heterocycles. The monoisotopic (exact) mass is 498 g/mol. The van der Waals surface area contributed by atoms with Crippen molar-refractivity contribution in [1.82, 2.24) is 4.90 Å². The van der Waals surface area contributed by atoms with Gasteiger partial charge in [-0.1, -0.05) is 115 Å². The number of carbonyl (C=O) groups is 1. The van der Waals surface area contributed by atoms with E-state index in [4.69, 9.17) is 12.2 Å². The Bertz CT molecular complexity index is 1320. The molecule has 0 spiro atoms. The molecule has 2 aliphatic rings. The number of hydrogen-bond acceptors (Lipinski definition) is 5. The van der Waals surface area contributed by atoms with E-state index in [0.717, 1.165) is 17.3 Å². The van der Waals surface area contributed by atoms with Gasteiger partial charge in [0.25, 0.3) is 5.91 Å². The molecule has 0 radical (unpaired) electrons. The first kappa shape index (κ1) is 22.7. The summed E-state index contributed by atoms with van der Waals surface area (Å²) in [6.45, 7) is 2.97. The highest BCUT2D eigenvalue weighted by molar-refractivity contribution is 8.27. The molecule has 1 amide bonds. The fourth-order valence-corrected chi connectivity index (χ4v) is 6.47. The summed E-state index contributed by atoms with van der Waals surface area (Å²) in [6, 6.07) is 30.5. The van der Waals surface area contributed by atoms with Crippen LogP contribution in [-0.4, -0.2) is 21.7 Å². The summed E-state index contributed by atoms with van der Waals surface area (Å²) in [4.78, 5) is 18.9. The lowest BCUT2D eigenvalue weighted by molar-refractivity contribution is -0.113. The molecule has 0 saturated carbocycles. The van der Waals surface area contributed by atoms with Crippen molar-refractivity contribution in [1.29, 1.82) is 0 Å². The Kier molecular flexibility index (Phi) is 6.72. The Hall–Kier alpha value is -3.06. The van der Waals surface area contributed by atoms with Crippen molar-refractivity contribution in [2.24, 2.45) is 0 Å². The van der Waals surface area contributed by atoms with Gasteiger partial charge in [0.15, 0.2) is 4.32 Å². The Morgan fingerprint density at radius 2 is 1.38 bits per heavy atom. The van der Waals surface area contributed by atoms with Gasteiger partial charge in [-0.05, 0) is 42.3 Å². The fourth-order valence-electron chi connectivity index (χ4n) is 3.98. The van der Waals surface area contributed by atoms with Crippen LogP contribution in [0.3, 0.4) is 0 Å². The summed E-state index contributed by atoms with van der Waals surface area (Å²) in [7, 11) is 0. The molecule has 3 nitrogen and oxygen atoms in total. The standard InChI is InChI=1S/C28H22N2OS3/c1-2-29-24(19-18-23-27(31)30(28(32)33-23)22-16-10-5-11-17-22)34-26(21-14-8-4-9-15-21)25(29)20-12-6-3-7-13-20/h3-19H,2H2,1H3. The van der Waals surface area contributed by atoms with Gasteiger partial charge in [-0.2, -0.15) is 0 Å². The maximum absolute atomic E-state index is 13.1. The molecule has 34 heavy (non-hydrogen) atoms. The lowest BCUT2D eigenvalue weighted by atomic mass is 10.1. The van der Waals surface area contributed by atoms with Crippen LogP contribution in [-0.2, 0) is 4.79 Å². The van der Waals surface area contributed by atoms with Gasteiger partial charge < -0.3 is 4.90 Å². The molecule has 0 aliphatic carbocycles. The lowest BCUT2D eigenvalue weighted by Gasteiger charge is -2.21. The summed E-state index contributed by atoms with van der Waals surface area (Å²) in [5, 5.41) is 1.09. The quantitative estimate of drug-likeness (QED) is 0.270. The Morgan fingerprint density at radius 1 is 0.794 bits per heavy atom. The minimum absolute atomic E-state index is 0.0800. The smallest absolute Gasteiger partial charge is 0.270 e. The minimum Gasteiger partial charge on any atom is -0.335 e. The van der Waals surface area contributed by atoms with Crippen molar-refractivity contribution in [2.75, 3.05) is 11.4 Å². The zero-order chi connectivity index (χ0) is 23.5. The first-order valence-corrected chi connectivity index (χ1v) is 13.1. The number of benzene rings is 3. The predicted octanol–water partition coefficient (Wildman–Crippen LogP) is 7.37. The second kappa shape index (κ2) is 10.1. The topological polar surface area (TPSA) is 23.6 Å². The SMILES string of the molecule is CCN1C(=CC=C2SC(=S)N(c3ccccc3)C2=O)SC(c2ccccc2)=C1c1ccccc1. The zero-order valence-corrected chi connectivity index (χ0v) is 21.0. The Morgan fingerprint density at radius 3 is 2.00 bits per heavy atom. The van der Waals surface area contributed by atoms with Crippen molar-refractivity contribution in [3.63, 3.8) is 0 Å². The highest BCUT2D eigenvalue weighted by atomic mass is 32.2. The number of para-hydroxylation sites is 1.